The zero-order chi connectivity index (χ0) is 15.4. The van der Waals surface area contributed by atoms with E-state index < -0.39 is 0 Å². The van der Waals surface area contributed by atoms with Crippen LogP contribution in [0.3, 0.4) is 0 Å². The molecule has 0 radical (unpaired) electrons. The Hall–Kier alpha value is -2.56. The van der Waals surface area contributed by atoms with Crippen LogP contribution in [0.1, 0.15) is 29.2 Å². The van der Waals surface area contributed by atoms with Gasteiger partial charge in [-0.3, -0.25) is 0 Å². The lowest BCUT2D eigenvalue weighted by atomic mass is 10.1. The van der Waals surface area contributed by atoms with Gasteiger partial charge in [-0.1, -0.05) is 30.3 Å². The number of carbonyl (C=O) groups is 1. The highest BCUT2D eigenvalue weighted by Gasteiger charge is 2.23. The molecule has 1 aromatic heterocycles. The predicted molar refractivity (Wildman–Crippen MR) is 83.7 cm³/mol. The molecule has 0 fully saturated rings. The highest BCUT2D eigenvalue weighted by molar-refractivity contribution is 5.74. The maximum Gasteiger partial charge on any atom is 0.315 e. The van der Waals surface area contributed by atoms with Gasteiger partial charge in [-0.2, -0.15) is 0 Å². The summed E-state index contributed by atoms with van der Waals surface area (Å²) < 4.78 is 5.17. The van der Waals surface area contributed by atoms with Gasteiger partial charge in [-0.15, -0.1) is 0 Å². The second-order valence-corrected chi connectivity index (χ2v) is 5.29. The summed E-state index contributed by atoms with van der Waals surface area (Å²) in [4.78, 5) is 16.2. The number of amides is 2. The summed E-state index contributed by atoms with van der Waals surface area (Å²) in [7, 11) is 1.57. The van der Waals surface area contributed by atoms with Gasteiger partial charge in [0.1, 0.15) is 0 Å². The summed E-state index contributed by atoms with van der Waals surface area (Å²) in [5, 5.41) is 5.89. The Bertz CT molecular complexity index is 672. The molecule has 2 amide bonds. The van der Waals surface area contributed by atoms with Crippen LogP contribution in [-0.2, 0) is 13.0 Å². The lowest BCUT2D eigenvalue weighted by molar-refractivity contribution is 0.236. The van der Waals surface area contributed by atoms with Crippen LogP contribution in [0.2, 0.25) is 0 Å². The molecule has 1 aliphatic carbocycles. The van der Waals surface area contributed by atoms with Crippen molar-refractivity contribution in [2.24, 2.45) is 0 Å². The van der Waals surface area contributed by atoms with Crippen LogP contribution in [0.5, 0.6) is 5.88 Å². The fraction of sp³-hybridized carbons (Fsp3) is 0.294. The molecule has 0 aliphatic heterocycles. The first-order valence-corrected chi connectivity index (χ1v) is 7.38. The molecule has 1 heterocycles. The van der Waals surface area contributed by atoms with Crippen LogP contribution < -0.4 is 15.4 Å². The first kappa shape index (κ1) is 14.4. The van der Waals surface area contributed by atoms with Gasteiger partial charge >= 0.3 is 6.03 Å². The molecule has 22 heavy (non-hydrogen) atoms. The van der Waals surface area contributed by atoms with Crippen LogP contribution in [0.15, 0.2) is 42.6 Å². The first-order valence-electron chi connectivity index (χ1n) is 7.38. The maximum absolute atomic E-state index is 12.1. The Morgan fingerprint density at radius 3 is 3.05 bits per heavy atom. The molecular formula is C17H19N3O2. The molecule has 0 unspecified atom stereocenters. The Morgan fingerprint density at radius 1 is 1.32 bits per heavy atom. The lowest BCUT2D eigenvalue weighted by Gasteiger charge is -2.15. The topological polar surface area (TPSA) is 63.2 Å². The van der Waals surface area contributed by atoms with Gasteiger partial charge in [-0.25, -0.2) is 9.78 Å². The largest absolute Gasteiger partial charge is 0.481 e. The Morgan fingerprint density at radius 2 is 2.18 bits per heavy atom. The van der Waals surface area contributed by atoms with E-state index in [-0.39, 0.29) is 12.1 Å². The van der Waals surface area contributed by atoms with Gasteiger partial charge < -0.3 is 15.4 Å². The minimum Gasteiger partial charge on any atom is -0.481 e. The third-order valence-corrected chi connectivity index (χ3v) is 3.92. The molecule has 0 saturated heterocycles. The quantitative estimate of drug-likeness (QED) is 0.911. The van der Waals surface area contributed by atoms with Crippen LogP contribution in [0, 0.1) is 0 Å². The highest BCUT2D eigenvalue weighted by Crippen LogP contribution is 2.30. The summed E-state index contributed by atoms with van der Waals surface area (Å²) in [5.74, 6) is 0.536. The lowest BCUT2D eigenvalue weighted by Crippen LogP contribution is -2.37. The monoisotopic (exact) mass is 297 g/mol. The van der Waals surface area contributed by atoms with Crippen molar-refractivity contribution in [2.75, 3.05) is 7.11 Å². The minimum absolute atomic E-state index is 0.0898. The number of fused-ring (bicyclic) bond motifs is 1. The van der Waals surface area contributed by atoms with E-state index in [1.54, 1.807) is 13.3 Å². The average Bonchev–Trinajstić information content (AvgIpc) is 2.96. The molecular weight excluding hydrogens is 278 g/mol. The molecule has 3 rings (SSSR count). The van der Waals surface area contributed by atoms with E-state index in [0.717, 1.165) is 18.4 Å². The van der Waals surface area contributed by atoms with Crippen LogP contribution in [0.4, 0.5) is 4.79 Å². The number of hydrogen-bond acceptors (Lipinski definition) is 3. The van der Waals surface area contributed by atoms with Gasteiger partial charge in [0.05, 0.1) is 13.2 Å². The van der Waals surface area contributed by atoms with Crippen molar-refractivity contribution in [3.63, 3.8) is 0 Å². The minimum atomic E-state index is -0.174. The second-order valence-electron chi connectivity index (χ2n) is 5.29. The van der Waals surface area contributed by atoms with Crippen molar-refractivity contribution < 1.29 is 9.53 Å². The van der Waals surface area contributed by atoms with Gasteiger partial charge in [0.15, 0.2) is 0 Å². The molecule has 1 aliphatic rings. The number of nitrogens with one attached hydrogen (secondary N) is 2. The van der Waals surface area contributed by atoms with E-state index >= 15 is 0 Å². The standard InChI is InChI=1S/C17H19N3O2/c1-22-16-13(6-4-10-18-16)11-19-17(21)20-15-9-8-12-5-2-3-7-14(12)15/h2-7,10,15H,8-9,11H2,1H3,(H2,19,20,21)/t15-/m1/s1. The molecule has 1 aromatic carbocycles. The van der Waals surface area contributed by atoms with Crippen molar-refractivity contribution in [1.82, 2.24) is 15.6 Å². The second kappa shape index (κ2) is 6.47. The van der Waals surface area contributed by atoms with Crippen molar-refractivity contribution in [2.45, 2.75) is 25.4 Å². The average molecular weight is 297 g/mol. The maximum atomic E-state index is 12.1. The molecule has 5 nitrogen and oxygen atoms in total. The van der Waals surface area contributed by atoms with E-state index in [2.05, 4.69) is 27.8 Å². The first-order chi connectivity index (χ1) is 10.8. The number of hydrogen-bond donors (Lipinski definition) is 2. The van der Waals surface area contributed by atoms with Crippen LogP contribution >= 0.6 is 0 Å². The van der Waals surface area contributed by atoms with E-state index in [1.165, 1.54) is 11.1 Å². The number of rotatable bonds is 4. The van der Waals surface area contributed by atoms with E-state index in [0.29, 0.717) is 12.4 Å². The molecule has 1 atom stereocenters. The predicted octanol–water partition coefficient (Wildman–Crippen LogP) is 2.58. The van der Waals surface area contributed by atoms with Crippen molar-refractivity contribution in [3.05, 3.63) is 59.3 Å². The van der Waals surface area contributed by atoms with Gasteiger partial charge in [0.2, 0.25) is 5.88 Å². The Balaban J connectivity index is 1.58. The SMILES string of the molecule is COc1ncccc1CNC(=O)N[C@@H]1CCc2ccccc21. The van der Waals surface area contributed by atoms with E-state index in [4.69, 9.17) is 4.74 Å². The smallest absolute Gasteiger partial charge is 0.315 e. The third-order valence-electron chi connectivity index (χ3n) is 3.92. The molecule has 0 saturated carbocycles. The zero-order valence-electron chi connectivity index (χ0n) is 12.5. The number of urea groups is 1. The number of aromatic nitrogens is 1. The fourth-order valence-electron chi connectivity index (χ4n) is 2.83. The number of ether oxygens (including phenoxy) is 1. The number of methoxy groups -OCH3 is 1. The fourth-order valence-corrected chi connectivity index (χ4v) is 2.83. The number of aryl methyl sites for hydroxylation is 1. The summed E-state index contributed by atoms with van der Waals surface area (Å²) in [6.07, 6.45) is 3.62. The zero-order valence-corrected chi connectivity index (χ0v) is 12.5. The van der Waals surface area contributed by atoms with Gasteiger partial charge in [0.25, 0.3) is 0 Å². The summed E-state index contributed by atoms with van der Waals surface area (Å²) >= 11 is 0. The van der Waals surface area contributed by atoms with E-state index in [1.807, 2.05) is 24.3 Å². The molecule has 2 N–H and O–H groups in total. The summed E-state index contributed by atoms with van der Waals surface area (Å²) in [6.45, 7) is 0.386. The summed E-state index contributed by atoms with van der Waals surface area (Å²) in [5.41, 5.74) is 3.39. The van der Waals surface area contributed by atoms with E-state index in [9.17, 15) is 4.79 Å². The third kappa shape index (κ3) is 3.03. The number of nitrogens with zero attached hydrogens (tertiary/aromatic N) is 1. The van der Waals surface area contributed by atoms with Crippen LogP contribution in [-0.4, -0.2) is 18.1 Å². The highest BCUT2D eigenvalue weighted by atomic mass is 16.5. The molecule has 114 valence electrons. The number of benzene rings is 1. The number of pyridine rings is 1. The van der Waals surface area contributed by atoms with Crippen molar-refractivity contribution >= 4 is 6.03 Å². The molecule has 0 spiro atoms. The number of carbonyl (C=O) groups excluding carboxylic acids is 1. The van der Waals surface area contributed by atoms with Gasteiger partial charge in [-0.05, 0) is 30.0 Å². The molecule has 0 bridgehead atoms. The Kier molecular flexibility index (Phi) is 4.23. The van der Waals surface area contributed by atoms with Gasteiger partial charge in [0, 0.05) is 18.3 Å². The van der Waals surface area contributed by atoms with Crippen LogP contribution in [0.25, 0.3) is 0 Å². The summed E-state index contributed by atoms with van der Waals surface area (Å²) in [6, 6.07) is 11.9. The molecule has 5 heteroatoms. The Labute approximate surface area is 129 Å². The normalized spacial score (nSPS) is 16.0. The van der Waals surface area contributed by atoms with Crippen molar-refractivity contribution in [1.29, 1.82) is 0 Å². The van der Waals surface area contributed by atoms with Crippen molar-refractivity contribution in [3.8, 4) is 5.88 Å². The molecule has 2 aromatic rings.